The third-order valence-electron chi connectivity index (χ3n) is 15.7. The molecular formula is C90H143NO8P+. The van der Waals surface area contributed by atoms with E-state index in [2.05, 4.69) is 245 Å². The fraction of sp³-hybridized carbons (Fsp3) is 0.556. The summed E-state index contributed by atoms with van der Waals surface area (Å²) in [6.45, 7) is 4.17. The second-order valence-corrected chi connectivity index (χ2v) is 27.7. The molecule has 0 amide bonds. The summed E-state index contributed by atoms with van der Waals surface area (Å²) in [5.74, 6) is -0.829. The molecule has 0 aliphatic carbocycles. The molecule has 0 fully saturated rings. The lowest BCUT2D eigenvalue weighted by atomic mass is 10.1. The van der Waals surface area contributed by atoms with Crippen molar-refractivity contribution < 1.29 is 42.1 Å². The minimum Gasteiger partial charge on any atom is -0.462 e. The summed E-state index contributed by atoms with van der Waals surface area (Å²) in [6, 6.07) is 0. The number of ether oxygens (including phenoxy) is 2. The summed E-state index contributed by atoms with van der Waals surface area (Å²) in [5, 5.41) is 0. The van der Waals surface area contributed by atoms with Gasteiger partial charge in [0, 0.05) is 12.8 Å². The van der Waals surface area contributed by atoms with Crippen molar-refractivity contribution in [2.45, 2.75) is 277 Å². The predicted molar refractivity (Wildman–Crippen MR) is 435 cm³/mol. The Morgan fingerprint density at radius 3 is 0.800 bits per heavy atom. The SMILES string of the molecule is CC/C=C\C/C=C\C/C=C\C/C=C\C/C=C\C/C=C\C/C=C\C/C=C\C/C=C\C/C=C\C/C=C\CCCCCCCCCC(=O)OC(COC(=O)CCCCCCCCCCCC/C=C\C/C=C\C/C=C\C/C=C\C/C=C\C/C=C\C/C=C\C/C=C\CC)COP(=O)(O)OCC[N+](C)(C)C. The van der Waals surface area contributed by atoms with Crippen LogP contribution in [0, 0.1) is 0 Å². The molecule has 0 saturated carbocycles. The molecule has 9 nitrogen and oxygen atoms in total. The van der Waals surface area contributed by atoms with Crippen LogP contribution in [0.5, 0.6) is 0 Å². The van der Waals surface area contributed by atoms with Crippen LogP contribution in [0.15, 0.2) is 231 Å². The van der Waals surface area contributed by atoms with Gasteiger partial charge in [-0.25, -0.2) is 4.57 Å². The molecule has 100 heavy (non-hydrogen) atoms. The van der Waals surface area contributed by atoms with Crippen molar-refractivity contribution in [3.63, 3.8) is 0 Å². The van der Waals surface area contributed by atoms with Crippen LogP contribution in [0.4, 0.5) is 0 Å². The molecule has 0 saturated heterocycles. The van der Waals surface area contributed by atoms with Crippen LogP contribution in [0.1, 0.15) is 271 Å². The summed E-state index contributed by atoms with van der Waals surface area (Å²) < 4.78 is 34.8. The number of rotatable bonds is 69. The Morgan fingerprint density at radius 2 is 0.540 bits per heavy atom. The van der Waals surface area contributed by atoms with Gasteiger partial charge in [-0.15, -0.1) is 0 Å². The topological polar surface area (TPSA) is 108 Å². The Balaban J connectivity index is 4.14. The highest BCUT2D eigenvalue weighted by atomic mass is 31.2. The zero-order valence-corrected chi connectivity index (χ0v) is 64.7. The normalized spacial score (nSPS) is 14.3. The van der Waals surface area contributed by atoms with E-state index in [9.17, 15) is 19.0 Å². The Labute approximate surface area is 613 Å². The number of carbonyl (C=O) groups is 2. The van der Waals surface area contributed by atoms with Crippen LogP contribution in [0.2, 0.25) is 0 Å². The van der Waals surface area contributed by atoms with E-state index in [1.54, 1.807) is 0 Å². The Bertz CT molecular complexity index is 2550. The van der Waals surface area contributed by atoms with Crippen molar-refractivity contribution in [2.75, 3.05) is 47.5 Å². The monoisotopic (exact) mass is 1400 g/mol. The van der Waals surface area contributed by atoms with Crippen molar-refractivity contribution in [2.24, 2.45) is 0 Å². The fourth-order valence-corrected chi connectivity index (χ4v) is 10.5. The Kier molecular flexibility index (Phi) is 72.7. The zero-order valence-electron chi connectivity index (χ0n) is 63.8. The lowest BCUT2D eigenvalue weighted by Gasteiger charge is -2.24. The molecule has 0 rings (SSSR count). The van der Waals surface area contributed by atoms with E-state index in [1.165, 1.54) is 51.4 Å². The molecule has 0 aromatic rings. The predicted octanol–water partition coefficient (Wildman–Crippen LogP) is 26.5. The van der Waals surface area contributed by atoms with Gasteiger partial charge in [0.1, 0.15) is 19.8 Å². The molecule has 1 N–H and O–H groups in total. The van der Waals surface area contributed by atoms with Crippen molar-refractivity contribution >= 4 is 19.8 Å². The van der Waals surface area contributed by atoms with Gasteiger partial charge in [-0.2, -0.15) is 0 Å². The summed E-state index contributed by atoms with van der Waals surface area (Å²) in [7, 11) is 1.44. The molecule has 2 atom stereocenters. The van der Waals surface area contributed by atoms with Crippen LogP contribution >= 0.6 is 7.82 Å². The van der Waals surface area contributed by atoms with E-state index >= 15 is 0 Å². The van der Waals surface area contributed by atoms with Crippen LogP contribution in [0.3, 0.4) is 0 Å². The maximum Gasteiger partial charge on any atom is 0.472 e. The quantitative estimate of drug-likeness (QED) is 0.0211. The van der Waals surface area contributed by atoms with E-state index < -0.39 is 26.5 Å². The maximum absolute atomic E-state index is 12.9. The highest BCUT2D eigenvalue weighted by Crippen LogP contribution is 2.43. The standard InChI is InChI=1S/C90H142NO8P/c1-6-8-10-12-14-16-18-20-22-24-26-28-30-32-34-36-38-40-42-43-44-45-46-47-49-51-53-55-57-59-61-63-65-67-69-71-73-75-77-79-81-83-90(93)99-88(87-98-100(94,95)97-85-84-91(3,4)5)86-96-89(92)82-80-78-76-74-72-70-68-66-64-62-60-58-56-54-52-50-48-41-39-37-35-33-31-29-27-25-23-21-19-17-15-13-11-9-7-2/h8-11,14-17,20-23,26-29,32-35,38-41,43-44,46-47,50-53,56-59,63,65,88H,6-7,12-13,18-19,24-25,30-31,36-37,42,45,48-49,54-55,60-62,64,66-87H2,1-5H3/p+1/b10-8-,11-9-,16-14-,17-15-,22-20-,23-21-,28-26-,29-27-,34-32-,35-33-,40-38-,41-39-,44-43-,47-46-,52-50-,53-51-,58-56-,59-57-,65-63-. The highest BCUT2D eigenvalue weighted by molar-refractivity contribution is 7.47. The molecule has 0 aliphatic heterocycles. The number of quaternary nitrogens is 1. The van der Waals surface area contributed by atoms with Gasteiger partial charge in [0.25, 0.3) is 0 Å². The van der Waals surface area contributed by atoms with Gasteiger partial charge >= 0.3 is 19.8 Å². The number of likely N-dealkylation sites (N-methyl/N-ethyl adjacent to an activating group) is 1. The van der Waals surface area contributed by atoms with Crippen LogP contribution < -0.4 is 0 Å². The molecule has 0 radical (unpaired) electrons. The van der Waals surface area contributed by atoms with Crippen molar-refractivity contribution in [3.8, 4) is 0 Å². The van der Waals surface area contributed by atoms with Gasteiger partial charge in [-0.05, 0) is 161 Å². The molecule has 0 heterocycles. The summed E-state index contributed by atoms with van der Waals surface area (Å²) >= 11 is 0. The van der Waals surface area contributed by atoms with Crippen molar-refractivity contribution in [1.29, 1.82) is 0 Å². The number of hydrogen-bond donors (Lipinski definition) is 1. The number of unbranched alkanes of at least 4 members (excludes halogenated alkanes) is 17. The van der Waals surface area contributed by atoms with Gasteiger partial charge in [-0.3, -0.25) is 18.6 Å². The Morgan fingerprint density at radius 1 is 0.310 bits per heavy atom. The number of nitrogens with zero attached hydrogens (tertiary/aromatic N) is 1. The van der Waals surface area contributed by atoms with Gasteiger partial charge in [0.15, 0.2) is 6.10 Å². The average molecular weight is 1400 g/mol. The van der Waals surface area contributed by atoms with Crippen LogP contribution in [-0.4, -0.2) is 74.9 Å². The zero-order chi connectivity index (χ0) is 72.5. The second-order valence-electron chi connectivity index (χ2n) is 26.3. The van der Waals surface area contributed by atoms with E-state index in [0.29, 0.717) is 17.4 Å². The fourth-order valence-electron chi connectivity index (χ4n) is 9.80. The minimum absolute atomic E-state index is 0.0166. The van der Waals surface area contributed by atoms with Gasteiger partial charge < -0.3 is 18.9 Å². The van der Waals surface area contributed by atoms with Gasteiger partial charge in [0.05, 0.1) is 27.7 Å². The van der Waals surface area contributed by atoms with Crippen LogP contribution in [-0.2, 0) is 32.7 Å². The molecule has 560 valence electrons. The lowest BCUT2D eigenvalue weighted by molar-refractivity contribution is -0.870. The lowest BCUT2D eigenvalue weighted by Crippen LogP contribution is -2.37. The third-order valence-corrected chi connectivity index (χ3v) is 16.7. The summed E-state index contributed by atoms with van der Waals surface area (Å²) in [4.78, 5) is 36.0. The van der Waals surface area contributed by atoms with Crippen molar-refractivity contribution in [3.05, 3.63) is 231 Å². The number of hydrogen-bond acceptors (Lipinski definition) is 7. The van der Waals surface area contributed by atoms with E-state index in [0.717, 1.165) is 186 Å². The first-order valence-electron chi connectivity index (χ1n) is 39.1. The smallest absolute Gasteiger partial charge is 0.462 e. The van der Waals surface area contributed by atoms with E-state index in [-0.39, 0.29) is 32.0 Å². The third kappa shape index (κ3) is 81.0. The largest absolute Gasteiger partial charge is 0.472 e. The molecule has 0 aromatic heterocycles. The first-order valence-corrected chi connectivity index (χ1v) is 40.6. The molecule has 0 aromatic carbocycles. The number of phosphoric acid groups is 1. The maximum atomic E-state index is 12.9. The van der Waals surface area contributed by atoms with E-state index in [4.69, 9.17) is 18.5 Å². The molecule has 2 unspecified atom stereocenters. The molecule has 10 heteroatoms. The van der Waals surface area contributed by atoms with Gasteiger partial charge in [0.2, 0.25) is 0 Å². The van der Waals surface area contributed by atoms with Crippen molar-refractivity contribution in [1.82, 2.24) is 0 Å². The number of allylic oxidation sites excluding steroid dienone is 38. The van der Waals surface area contributed by atoms with E-state index in [1.807, 2.05) is 21.1 Å². The second kappa shape index (κ2) is 77.2. The first-order chi connectivity index (χ1) is 49.0. The first kappa shape index (κ1) is 94.1. The Hall–Kier alpha value is -5.93. The van der Waals surface area contributed by atoms with Gasteiger partial charge in [-0.1, -0.05) is 328 Å². The molecular weight excluding hydrogens is 1250 g/mol. The summed E-state index contributed by atoms with van der Waals surface area (Å²) in [6.07, 6.45) is 124. The average Bonchev–Trinajstić information content (AvgIpc) is 1.30. The highest BCUT2D eigenvalue weighted by Gasteiger charge is 2.27. The number of phosphoric ester groups is 1. The number of carbonyl (C=O) groups excluding carboxylic acids is 2. The molecule has 0 aliphatic rings. The number of esters is 2. The van der Waals surface area contributed by atoms with Crippen LogP contribution in [0.25, 0.3) is 0 Å². The molecule has 0 bridgehead atoms. The summed E-state index contributed by atoms with van der Waals surface area (Å²) in [5.41, 5.74) is 0. The minimum atomic E-state index is -4.42. The molecule has 0 spiro atoms.